The van der Waals surface area contributed by atoms with E-state index in [4.69, 9.17) is 4.74 Å². The van der Waals surface area contributed by atoms with Crippen LogP contribution in [0.5, 0.6) is 5.75 Å². The molecule has 1 fully saturated rings. The Kier molecular flexibility index (Phi) is 3.58. The van der Waals surface area contributed by atoms with Crippen LogP contribution in [0.2, 0.25) is 0 Å². The molecule has 5 heteroatoms. The highest BCUT2D eigenvalue weighted by molar-refractivity contribution is 5.43. The molecule has 0 spiro atoms. The lowest BCUT2D eigenvalue weighted by molar-refractivity contribution is -0.385. The number of piperidine rings is 1. The Morgan fingerprint density at radius 1 is 1.53 bits per heavy atom. The third-order valence-corrected chi connectivity index (χ3v) is 2.93. The van der Waals surface area contributed by atoms with Gasteiger partial charge in [0.05, 0.1) is 11.0 Å². The zero-order valence-electron chi connectivity index (χ0n) is 9.81. The number of hydrogen-bond acceptors (Lipinski definition) is 4. The van der Waals surface area contributed by atoms with E-state index in [1.807, 2.05) is 6.92 Å². The fourth-order valence-corrected chi connectivity index (χ4v) is 1.93. The van der Waals surface area contributed by atoms with Gasteiger partial charge in [0, 0.05) is 12.6 Å². The van der Waals surface area contributed by atoms with Crippen LogP contribution in [0.25, 0.3) is 0 Å². The molecule has 0 radical (unpaired) electrons. The van der Waals surface area contributed by atoms with Gasteiger partial charge in [-0.15, -0.1) is 0 Å². The van der Waals surface area contributed by atoms with E-state index in [2.05, 4.69) is 5.32 Å². The average molecular weight is 236 g/mol. The van der Waals surface area contributed by atoms with Gasteiger partial charge in [0.15, 0.2) is 0 Å². The first kappa shape index (κ1) is 11.9. The highest BCUT2D eigenvalue weighted by atomic mass is 16.6. The van der Waals surface area contributed by atoms with Crippen LogP contribution in [-0.2, 0) is 0 Å². The second-order valence-electron chi connectivity index (χ2n) is 4.29. The molecule has 0 bridgehead atoms. The first-order chi connectivity index (χ1) is 8.16. The highest BCUT2D eigenvalue weighted by Crippen LogP contribution is 2.25. The summed E-state index contributed by atoms with van der Waals surface area (Å²) in [7, 11) is 0. The summed E-state index contributed by atoms with van der Waals surface area (Å²) in [6, 6.07) is 4.73. The highest BCUT2D eigenvalue weighted by Gasteiger charge is 2.17. The largest absolute Gasteiger partial charge is 0.489 e. The Balaban J connectivity index is 2.13. The minimum atomic E-state index is -0.397. The molecule has 1 heterocycles. The summed E-state index contributed by atoms with van der Waals surface area (Å²) in [4.78, 5) is 10.3. The second kappa shape index (κ2) is 5.14. The van der Waals surface area contributed by atoms with Crippen molar-refractivity contribution >= 4 is 5.69 Å². The molecular formula is C12H16N2O3. The van der Waals surface area contributed by atoms with Crippen molar-refractivity contribution in [2.45, 2.75) is 25.9 Å². The van der Waals surface area contributed by atoms with E-state index < -0.39 is 4.92 Å². The van der Waals surface area contributed by atoms with Gasteiger partial charge in [0.25, 0.3) is 5.69 Å². The number of non-ortho nitro benzene ring substituents is 1. The Morgan fingerprint density at radius 2 is 2.35 bits per heavy atom. The molecule has 1 saturated heterocycles. The topological polar surface area (TPSA) is 64.4 Å². The molecule has 92 valence electrons. The predicted octanol–water partition coefficient (Wildman–Crippen LogP) is 2.03. The van der Waals surface area contributed by atoms with E-state index >= 15 is 0 Å². The molecular weight excluding hydrogens is 220 g/mol. The summed E-state index contributed by atoms with van der Waals surface area (Å²) >= 11 is 0. The van der Waals surface area contributed by atoms with Gasteiger partial charge in [0.2, 0.25) is 0 Å². The normalized spacial score (nSPS) is 19.9. The third kappa shape index (κ3) is 2.94. The molecule has 5 nitrogen and oxygen atoms in total. The van der Waals surface area contributed by atoms with Crippen molar-refractivity contribution in [1.82, 2.24) is 5.32 Å². The van der Waals surface area contributed by atoms with Crippen LogP contribution >= 0.6 is 0 Å². The SMILES string of the molecule is Cc1ccc([N+](=O)[O-])cc1O[C@H]1CCCNC1. The lowest BCUT2D eigenvalue weighted by Crippen LogP contribution is -2.37. The number of rotatable bonds is 3. The first-order valence-electron chi connectivity index (χ1n) is 5.79. The summed E-state index contributed by atoms with van der Waals surface area (Å²) in [6.07, 6.45) is 2.19. The summed E-state index contributed by atoms with van der Waals surface area (Å²) in [5, 5.41) is 13.9. The van der Waals surface area contributed by atoms with Crippen molar-refractivity contribution in [3.8, 4) is 5.75 Å². The van der Waals surface area contributed by atoms with Crippen molar-refractivity contribution in [2.24, 2.45) is 0 Å². The van der Waals surface area contributed by atoms with E-state index in [9.17, 15) is 10.1 Å². The van der Waals surface area contributed by atoms with Crippen molar-refractivity contribution in [3.05, 3.63) is 33.9 Å². The lowest BCUT2D eigenvalue weighted by atomic mass is 10.1. The number of nitro benzene ring substituents is 1. The van der Waals surface area contributed by atoms with Gasteiger partial charge in [-0.25, -0.2) is 0 Å². The summed E-state index contributed by atoms with van der Waals surface area (Å²) in [5.41, 5.74) is 1.01. The Morgan fingerprint density at radius 3 is 3.00 bits per heavy atom. The number of nitrogens with zero attached hydrogens (tertiary/aromatic N) is 1. The van der Waals surface area contributed by atoms with Gasteiger partial charge in [0.1, 0.15) is 11.9 Å². The van der Waals surface area contributed by atoms with Crippen LogP contribution in [0.1, 0.15) is 18.4 Å². The lowest BCUT2D eigenvalue weighted by Gasteiger charge is -2.24. The van der Waals surface area contributed by atoms with Crippen LogP contribution in [-0.4, -0.2) is 24.1 Å². The number of nitrogens with one attached hydrogen (secondary N) is 1. The van der Waals surface area contributed by atoms with E-state index in [1.54, 1.807) is 6.07 Å². The van der Waals surface area contributed by atoms with Crippen LogP contribution < -0.4 is 10.1 Å². The van der Waals surface area contributed by atoms with Gasteiger partial charge in [-0.3, -0.25) is 10.1 Å². The monoisotopic (exact) mass is 236 g/mol. The predicted molar refractivity (Wildman–Crippen MR) is 64.4 cm³/mol. The Hall–Kier alpha value is -1.62. The van der Waals surface area contributed by atoms with Crippen molar-refractivity contribution in [2.75, 3.05) is 13.1 Å². The average Bonchev–Trinajstić information content (AvgIpc) is 2.33. The Bertz CT molecular complexity index is 414. The maximum atomic E-state index is 10.7. The van der Waals surface area contributed by atoms with Gasteiger partial charge in [-0.2, -0.15) is 0 Å². The molecule has 0 unspecified atom stereocenters. The smallest absolute Gasteiger partial charge is 0.273 e. The number of aryl methyl sites for hydroxylation is 1. The summed E-state index contributed by atoms with van der Waals surface area (Å²) in [6.45, 7) is 3.73. The van der Waals surface area contributed by atoms with Crippen LogP contribution in [0.4, 0.5) is 5.69 Å². The quantitative estimate of drug-likeness (QED) is 0.644. The molecule has 1 aromatic rings. The maximum Gasteiger partial charge on any atom is 0.273 e. The van der Waals surface area contributed by atoms with Gasteiger partial charge in [-0.1, -0.05) is 0 Å². The fourth-order valence-electron chi connectivity index (χ4n) is 1.93. The zero-order valence-corrected chi connectivity index (χ0v) is 9.81. The fraction of sp³-hybridized carbons (Fsp3) is 0.500. The molecule has 1 aliphatic rings. The van der Waals surface area contributed by atoms with Crippen LogP contribution in [0, 0.1) is 17.0 Å². The molecule has 1 aliphatic heterocycles. The molecule has 0 saturated carbocycles. The second-order valence-corrected chi connectivity index (χ2v) is 4.29. The zero-order chi connectivity index (χ0) is 12.3. The van der Waals surface area contributed by atoms with E-state index in [0.29, 0.717) is 5.75 Å². The molecule has 0 amide bonds. The maximum absolute atomic E-state index is 10.7. The van der Waals surface area contributed by atoms with Crippen LogP contribution in [0.15, 0.2) is 18.2 Å². The molecule has 1 aromatic carbocycles. The Labute approximate surface area is 99.9 Å². The van der Waals surface area contributed by atoms with Crippen molar-refractivity contribution in [3.63, 3.8) is 0 Å². The minimum absolute atomic E-state index is 0.0781. The number of benzene rings is 1. The van der Waals surface area contributed by atoms with Gasteiger partial charge >= 0.3 is 0 Å². The van der Waals surface area contributed by atoms with E-state index in [1.165, 1.54) is 12.1 Å². The molecule has 0 aromatic heterocycles. The number of hydrogen-bond donors (Lipinski definition) is 1. The van der Waals surface area contributed by atoms with Crippen molar-refractivity contribution < 1.29 is 9.66 Å². The molecule has 1 atom stereocenters. The number of nitro groups is 1. The van der Waals surface area contributed by atoms with E-state index in [-0.39, 0.29) is 11.8 Å². The van der Waals surface area contributed by atoms with Gasteiger partial charge in [-0.05, 0) is 37.9 Å². The van der Waals surface area contributed by atoms with Gasteiger partial charge < -0.3 is 10.1 Å². The molecule has 0 aliphatic carbocycles. The summed E-state index contributed by atoms with van der Waals surface area (Å²) < 4.78 is 5.81. The molecule has 2 rings (SSSR count). The first-order valence-corrected chi connectivity index (χ1v) is 5.79. The van der Waals surface area contributed by atoms with Crippen molar-refractivity contribution in [1.29, 1.82) is 0 Å². The van der Waals surface area contributed by atoms with Crippen LogP contribution in [0.3, 0.4) is 0 Å². The molecule has 1 N–H and O–H groups in total. The number of ether oxygens (including phenoxy) is 1. The third-order valence-electron chi connectivity index (χ3n) is 2.93. The van der Waals surface area contributed by atoms with E-state index in [0.717, 1.165) is 31.5 Å². The summed E-state index contributed by atoms with van der Waals surface area (Å²) in [5.74, 6) is 0.618. The standard InChI is InChI=1S/C12H16N2O3/c1-9-4-5-10(14(15)16)7-12(9)17-11-3-2-6-13-8-11/h4-5,7,11,13H,2-3,6,8H2,1H3/t11-/m0/s1. The molecule has 17 heavy (non-hydrogen) atoms. The minimum Gasteiger partial charge on any atom is -0.489 e.